The molecule has 1 fully saturated rings. The number of hydrogen-bond acceptors (Lipinski definition) is 4. The molecule has 6 heteroatoms. The molecular weight excluding hydrogens is 304 g/mol. The van der Waals surface area contributed by atoms with Crippen molar-refractivity contribution < 1.29 is 8.42 Å². The maximum absolute atomic E-state index is 12.7. The molecule has 0 aliphatic carbocycles. The Kier molecular flexibility index (Phi) is 6.10. The highest BCUT2D eigenvalue weighted by atomic mass is 32.2. The van der Waals surface area contributed by atoms with Crippen molar-refractivity contribution in [3.8, 4) is 0 Å². The summed E-state index contributed by atoms with van der Waals surface area (Å²) in [6, 6.07) is 7.24. The fourth-order valence-corrected chi connectivity index (χ4v) is 5.23. The van der Waals surface area contributed by atoms with Crippen LogP contribution in [0.5, 0.6) is 0 Å². The van der Waals surface area contributed by atoms with Crippen molar-refractivity contribution in [3.05, 3.63) is 29.8 Å². The lowest BCUT2D eigenvalue weighted by atomic mass is 10.2. The van der Waals surface area contributed by atoms with Gasteiger partial charge >= 0.3 is 0 Å². The summed E-state index contributed by atoms with van der Waals surface area (Å²) in [6.07, 6.45) is 1.01. The number of rotatable bonds is 6. The molecule has 1 atom stereocenters. The number of thioether (sulfide) groups is 1. The second-order valence-electron chi connectivity index (χ2n) is 5.19. The monoisotopic (exact) mass is 328 g/mol. The number of nitrogens with one attached hydrogen (secondary N) is 1. The van der Waals surface area contributed by atoms with Crippen LogP contribution in [-0.4, -0.2) is 43.4 Å². The van der Waals surface area contributed by atoms with Gasteiger partial charge in [-0.25, -0.2) is 8.42 Å². The molecule has 0 amide bonds. The zero-order valence-corrected chi connectivity index (χ0v) is 14.3. The minimum Gasteiger partial charge on any atom is -0.313 e. The van der Waals surface area contributed by atoms with Crippen molar-refractivity contribution in [2.75, 3.05) is 25.4 Å². The Hall–Kier alpha value is -0.560. The van der Waals surface area contributed by atoms with Gasteiger partial charge in [-0.2, -0.15) is 16.1 Å². The molecule has 4 nitrogen and oxygen atoms in total. The van der Waals surface area contributed by atoms with E-state index in [4.69, 9.17) is 0 Å². The Labute approximate surface area is 132 Å². The van der Waals surface area contributed by atoms with E-state index in [1.807, 2.05) is 23.9 Å². The first-order chi connectivity index (χ1) is 10.1. The molecule has 0 aromatic heterocycles. The molecule has 118 valence electrons. The summed E-state index contributed by atoms with van der Waals surface area (Å²) in [7, 11) is -3.34. The van der Waals surface area contributed by atoms with Crippen molar-refractivity contribution >= 4 is 21.8 Å². The average molecular weight is 329 g/mol. The third-order valence-corrected chi connectivity index (χ3v) is 6.95. The third-order valence-electron chi connectivity index (χ3n) is 3.70. The Bertz CT molecular complexity index is 543. The predicted molar refractivity (Wildman–Crippen MR) is 89.1 cm³/mol. The average Bonchev–Trinajstić information content (AvgIpc) is 2.53. The van der Waals surface area contributed by atoms with Gasteiger partial charge in [-0.15, -0.1) is 0 Å². The van der Waals surface area contributed by atoms with Crippen molar-refractivity contribution in [2.24, 2.45) is 0 Å². The largest absolute Gasteiger partial charge is 0.313 e. The molecular formula is C15H24N2O2S2. The fourth-order valence-electron chi connectivity index (χ4n) is 2.36. The van der Waals surface area contributed by atoms with Gasteiger partial charge in [0.05, 0.1) is 4.90 Å². The normalized spacial score (nSPS) is 20.6. The summed E-state index contributed by atoms with van der Waals surface area (Å²) >= 11 is 1.88. The van der Waals surface area contributed by atoms with Crippen LogP contribution in [0.4, 0.5) is 0 Å². The minimum atomic E-state index is -3.34. The smallest absolute Gasteiger partial charge is 0.243 e. The molecule has 0 spiro atoms. The van der Waals surface area contributed by atoms with Crippen LogP contribution in [0, 0.1) is 0 Å². The van der Waals surface area contributed by atoms with Crippen LogP contribution < -0.4 is 5.32 Å². The zero-order valence-electron chi connectivity index (χ0n) is 12.7. The molecule has 0 radical (unpaired) electrons. The lowest BCUT2D eigenvalue weighted by Crippen LogP contribution is -2.41. The van der Waals surface area contributed by atoms with E-state index in [0.717, 1.165) is 30.8 Å². The molecule has 21 heavy (non-hydrogen) atoms. The lowest BCUT2D eigenvalue weighted by molar-refractivity contribution is 0.416. The van der Waals surface area contributed by atoms with E-state index in [9.17, 15) is 8.42 Å². The summed E-state index contributed by atoms with van der Waals surface area (Å²) in [5.74, 6) is 0.885. The van der Waals surface area contributed by atoms with Crippen LogP contribution in [0.2, 0.25) is 0 Å². The third kappa shape index (κ3) is 4.22. The molecule has 1 aromatic rings. The van der Waals surface area contributed by atoms with Gasteiger partial charge < -0.3 is 5.32 Å². The SMILES string of the molecule is CCNCc1ccc(S(=O)(=O)N2CCSC(CC)C2)cc1. The number of sulfonamides is 1. The maximum Gasteiger partial charge on any atom is 0.243 e. The van der Waals surface area contributed by atoms with Crippen LogP contribution >= 0.6 is 11.8 Å². The van der Waals surface area contributed by atoms with Crippen LogP contribution in [0.25, 0.3) is 0 Å². The van der Waals surface area contributed by atoms with E-state index in [-0.39, 0.29) is 0 Å². The predicted octanol–water partition coefficient (Wildman–Crippen LogP) is 2.31. The lowest BCUT2D eigenvalue weighted by Gasteiger charge is -2.31. The Morgan fingerprint density at radius 1 is 1.29 bits per heavy atom. The quantitative estimate of drug-likeness (QED) is 0.871. The van der Waals surface area contributed by atoms with Gasteiger partial charge in [-0.05, 0) is 30.7 Å². The van der Waals surface area contributed by atoms with E-state index in [2.05, 4.69) is 19.2 Å². The van der Waals surface area contributed by atoms with Crippen LogP contribution in [-0.2, 0) is 16.6 Å². The van der Waals surface area contributed by atoms with Gasteiger partial charge in [-0.1, -0.05) is 26.0 Å². The summed E-state index contributed by atoms with van der Waals surface area (Å²) in [4.78, 5) is 0.407. The molecule has 1 saturated heterocycles. The van der Waals surface area contributed by atoms with Crippen LogP contribution in [0.15, 0.2) is 29.2 Å². The van der Waals surface area contributed by atoms with Gasteiger partial charge in [0.2, 0.25) is 10.0 Å². The molecule has 2 rings (SSSR count). The standard InChI is InChI=1S/C15H24N2O2S2/c1-3-14-12-17(9-10-20-14)21(18,19)15-7-5-13(6-8-15)11-16-4-2/h5-8,14,16H,3-4,9-12H2,1-2H3. The van der Waals surface area contributed by atoms with Crippen molar-refractivity contribution in [1.82, 2.24) is 9.62 Å². The molecule has 0 bridgehead atoms. The van der Waals surface area contributed by atoms with Gasteiger partial charge in [0.1, 0.15) is 0 Å². The van der Waals surface area contributed by atoms with E-state index in [1.54, 1.807) is 16.4 Å². The number of benzene rings is 1. The molecule has 1 aliphatic rings. The Balaban J connectivity index is 2.11. The summed E-state index contributed by atoms with van der Waals surface area (Å²) < 4.78 is 27.0. The van der Waals surface area contributed by atoms with Crippen molar-refractivity contribution in [2.45, 2.75) is 37.0 Å². The first-order valence-electron chi connectivity index (χ1n) is 7.49. The Morgan fingerprint density at radius 3 is 2.62 bits per heavy atom. The van der Waals surface area contributed by atoms with Crippen LogP contribution in [0.3, 0.4) is 0 Å². The highest BCUT2D eigenvalue weighted by Gasteiger charge is 2.29. The van der Waals surface area contributed by atoms with E-state index < -0.39 is 10.0 Å². The van der Waals surface area contributed by atoms with Gasteiger partial charge in [0.15, 0.2) is 0 Å². The highest BCUT2D eigenvalue weighted by molar-refractivity contribution is 8.00. The first kappa shape index (κ1) is 16.8. The minimum absolute atomic E-state index is 0.407. The van der Waals surface area contributed by atoms with Crippen molar-refractivity contribution in [3.63, 3.8) is 0 Å². The van der Waals surface area contributed by atoms with Crippen molar-refractivity contribution in [1.29, 1.82) is 0 Å². The molecule has 0 saturated carbocycles. The van der Waals surface area contributed by atoms with Gasteiger partial charge in [-0.3, -0.25) is 0 Å². The van der Waals surface area contributed by atoms with E-state index >= 15 is 0 Å². The highest BCUT2D eigenvalue weighted by Crippen LogP contribution is 2.26. The molecule has 1 unspecified atom stereocenters. The summed E-state index contributed by atoms with van der Waals surface area (Å²) in [5, 5.41) is 3.66. The topological polar surface area (TPSA) is 49.4 Å². The van der Waals surface area contributed by atoms with Crippen LogP contribution in [0.1, 0.15) is 25.8 Å². The number of nitrogens with zero attached hydrogens (tertiary/aromatic N) is 1. The fraction of sp³-hybridized carbons (Fsp3) is 0.600. The van der Waals surface area contributed by atoms with E-state index in [1.165, 1.54) is 0 Å². The molecule has 1 aromatic carbocycles. The molecule has 1 N–H and O–H groups in total. The molecule has 1 heterocycles. The van der Waals surface area contributed by atoms with Gasteiger partial charge in [0, 0.05) is 30.6 Å². The zero-order chi connectivity index (χ0) is 15.3. The summed E-state index contributed by atoms with van der Waals surface area (Å²) in [5.41, 5.74) is 1.11. The Morgan fingerprint density at radius 2 is 2.00 bits per heavy atom. The second kappa shape index (κ2) is 7.63. The number of hydrogen-bond donors (Lipinski definition) is 1. The maximum atomic E-state index is 12.7. The first-order valence-corrected chi connectivity index (χ1v) is 9.98. The second-order valence-corrected chi connectivity index (χ2v) is 8.53. The van der Waals surface area contributed by atoms with Gasteiger partial charge in [0.25, 0.3) is 0 Å². The molecule has 1 aliphatic heterocycles. The van der Waals surface area contributed by atoms with E-state index in [0.29, 0.717) is 23.2 Å². The summed E-state index contributed by atoms with van der Waals surface area (Å²) in [6.45, 7) is 7.09.